The van der Waals surface area contributed by atoms with Gasteiger partial charge in [0.2, 0.25) is 82.7 Å². The van der Waals surface area contributed by atoms with Crippen LogP contribution in [0.15, 0.2) is 69.7 Å². The van der Waals surface area contributed by atoms with E-state index in [0.717, 1.165) is 4.90 Å². The highest BCUT2D eigenvalue weighted by Crippen LogP contribution is 2.24. The number of carboxylic acids is 2. The van der Waals surface area contributed by atoms with Crippen molar-refractivity contribution in [3.05, 3.63) is 65.9 Å². The van der Waals surface area contributed by atoms with Gasteiger partial charge in [0.25, 0.3) is 0 Å². The summed E-state index contributed by atoms with van der Waals surface area (Å²) in [6.07, 6.45) is -2.40. The average Bonchev–Trinajstić information content (AvgIpc) is 1.71. The van der Waals surface area contributed by atoms with E-state index in [-0.39, 0.29) is 126 Å². The molecule has 33 N–H and O–H groups in total. The number of nitrogens with one attached hydrogen (secondary N) is 12. The maximum Gasteiger partial charge on any atom is 0.326 e. The van der Waals surface area contributed by atoms with Crippen LogP contribution < -0.4 is 110 Å². The van der Waals surface area contributed by atoms with Gasteiger partial charge in [-0.25, -0.2) is 4.79 Å². The summed E-state index contributed by atoms with van der Waals surface area (Å²) >= 11 is 4.02. The van der Waals surface area contributed by atoms with Crippen LogP contribution in [0.25, 0.3) is 10.9 Å². The van der Waals surface area contributed by atoms with Crippen molar-refractivity contribution >= 4 is 136 Å². The first-order valence-corrected chi connectivity index (χ1v) is 39.3. The molecule has 14 amide bonds. The van der Waals surface area contributed by atoms with Gasteiger partial charge in [-0.3, -0.25) is 86.9 Å². The molecule has 1 saturated heterocycles. The lowest BCUT2D eigenvalue weighted by Gasteiger charge is -2.32. The van der Waals surface area contributed by atoms with Crippen LogP contribution in [-0.4, -0.2) is 248 Å². The van der Waals surface area contributed by atoms with Crippen molar-refractivity contribution in [3.8, 4) is 5.75 Å². The summed E-state index contributed by atoms with van der Waals surface area (Å²) in [6.45, 7) is 7.32. The van der Waals surface area contributed by atoms with Crippen molar-refractivity contribution in [1.82, 2.24) is 68.4 Å². The molecule has 1 aliphatic heterocycles. The summed E-state index contributed by atoms with van der Waals surface area (Å²) < 4.78 is 0. The molecule has 44 nitrogen and oxygen atoms in total. The molecule has 2 aromatic carbocycles. The Morgan fingerprint density at radius 1 is 0.513 bits per heavy atom. The molecule has 119 heavy (non-hydrogen) atoms. The zero-order chi connectivity index (χ0) is 88.9. The zero-order valence-electron chi connectivity index (χ0n) is 67.0. The molecule has 1 fully saturated rings. The number of thiol groups is 1. The highest BCUT2D eigenvalue weighted by Gasteiger charge is 2.42. The third-order valence-corrected chi connectivity index (χ3v) is 19.6. The van der Waals surface area contributed by atoms with E-state index in [1.807, 2.05) is 0 Å². The quantitative estimate of drug-likeness (QED) is 0.0108. The van der Waals surface area contributed by atoms with E-state index in [9.17, 15) is 82.4 Å². The minimum absolute atomic E-state index is 0.000327. The van der Waals surface area contributed by atoms with Gasteiger partial charge in [-0.1, -0.05) is 64.4 Å². The van der Waals surface area contributed by atoms with Crippen LogP contribution in [0.1, 0.15) is 136 Å². The number of hydrogen-bond acceptors (Lipinski definition) is 22. The predicted molar refractivity (Wildman–Crippen MR) is 438 cm³/mol. The molecular weight excluding hydrogens is 1580 g/mol. The number of H-pyrrole nitrogens is 1. The van der Waals surface area contributed by atoms with Crippen LogP contribution >= 0.6 is 12.6 Å². The van der Waals surface area contributed by atoms with Gasteiger partial charge >= 0.3 is 11.9 Å². The minimum atomic E-state index is -1.97. The number of aromatic hydroxyl groups is 1. The normalized spacial score (nSPS) is 15.6. The van der Waals surface area contributed by atoms with Gasteiger partial charge in [-0.15, -0.1) is 0 Å². The summed E-state index contributed by atoms with van der Waals surface area (Å²) in [5.41, 5.74) is 51.4. The Hall–Kier alpha value is -12.6. The second kappa shape index (κ2) is 49.5. The monoisotopic (exact) mass is 1690 g/mol. The molecule has 0 aliphatic carbocycles. The lowest BCUT2D eigenvalue weighted by atomic mass is 9.96. The third kappa shape index (κ3) is 33.9. The van der Waals surface area contributed by atoms with Gasteiger partial charge in [-0.05, 0) is 112 Å². The average molecular weight is 1690 g/mol. The van der Waals surface area contributed by atoms with E-state index >= 15 is 9.59 Å². The Morgan fingerprint density at radius 3 is 1.46 bits per heavy atom. The van der Waals surface area contributed by atoms with Gasteiger partial charge < -0.3 is 135 Å². The number of aliphatic imine (C=N–C) groups is 3. The first-order valence-electron chi connectivity index (χ1n) is 38.7. The Bertz CT molecular complexity index is 4130. The number of primary amides is 2. The van der Waals surface area contributed by atoms with Gasteiger partial charge in [0.05, 0.1) is 12.5 Å². The molecule has 2 heterocycles. The number of carbonyl (C=O) groups is 16. The Kier molecular flexibility index (Phi) is 41.1. The summed E-state index contributed by atoms with van der Waals surface area (Å²) in [5, 5.41) is 58.4. The molecule has 14 atom stereocenters. The molecule has 0 radical (unpaired) electrons. The molecule has 0 bridgehead atoms. The number of phenolic OH excluding ortho intramolecular Hbond substituents is 1. The fourth-order valence-electron chi connectivity index (χ4n) is 12.5. The SMILES string of the molecule is CC[C@H](C)[C@H](NC(=O)[C@H](CCCN=C(N)N)NC(=O)[C@H](CC(=O)O)NC(=O)[C@@H](NC(=O)[C@@H]1CCCN1C(=O)[C@H](CCCN=C(N)N)NC(=O)[C@H](CCC(N)=O)NC(=O)[C@H](Cc1c[nH]c2ccccc12)NC(=O)[C@H](CCC(N)=O)NC(=O)[C@H](Cc1ccc(O)cc1)NC(=O)[C@H](C)NC(=O)[C@@H](N)CS)C(C)C)C(=O)N[C@@H](CCCN=C(N)N)C(=O)O. The maximum atomic E-state index is 15.1. The lowest BCUT2D eigenvalue weighted by Crippen LogP contribution is -2.61. The Balaban J connectivity index is 1.68. The number of phenols is 1. The number of rotatable bonds is 52. The highest BCUT2D eigenvalue weighted by atomic mass is 32.1. The van der Waals surface area contributed by atoms with Gasteiger partial charge in [0, 0.05) is 74.7 Å². The second-order valence-electron chi connectivity index (χ2n) is 29.0. The fourth-order valence-corrected chi connectivity index (χ4v) is 12.7. The Morgan fingerprint density at radius 2 is 0.958 bits per heavy atom. The largest absolute Gasteiger partial charge is 0.508 e. The second-order valence-corrected chi connectivity index (χ2v) is 29.4. The molecule has 0 saturated carbocycles. The number of nitrogens with two attached hydrogens (primary N) is 9. The van der Waals surface area contributed by atoms with Gasteiger partial charge in [-0.2, -0.15) is 12.6 Å². The molecule has 0 unspecified atom stereocenters. The number of aliphatic carboxylic acids is 2. The highest BCUT2D eigenvalue weighted by molar-refractivity contribution is 7.80. The van der Waals surface area contributed by atoms with E-state index < -0.39 is 217 Å². The van der Waals surface area contributed by atoms with Crippen molar-refractivity contribution in [2.45, 2.75) is 216 Å². The predicted octanol–water partition coefficient (Wildman–Crippen LogP) is -6.79. The third-order valence-electron chi connectivity index (χ3n) is 19.2. The number of fused-ring (bicyclic) bond motifs is 1. The van der Waals surface area contributed by atoms with Crippen LogP contribution in [0.5, 0.6) is 5.75 Å². The van der Waals surface area contributed by atoms with Crippen molar-refractivity contribution in [2.24, 2.45) is 78.4 Å². The van der Waals surface area contributed by atoms with Crippen LogP contribution in [0.3, 0.4) is 0 Å². The molecule has 0 spiro atoms. The van der Waals surface area contributed by atoms with E-state index in [2.05, 4.69) is 91.1 Å². The number of guanidine groups is 3. The number of carboxylic acid groups (broad SMARTS) is 2. The molecular formula is C74H115N25O19S. The van der Waals surface area contributed by atoms with Crippen molar-refractivity contribution in [2.75, 3.05) is 31.9 Å². The number of hydrogen-bond donors (Lipinski definition) is 25. The first-order chi connectivity index (χ1) is 56.1. The van der Waals surface area contributed by atoms with Crippen molar-refractivity contribution in [3.63, 3.8) is 0 Å². The molecule has 3 aromatic rings. The zero-order valence-corrected chi connectivity index (χ0v) is 67.9. The summed E-state index contributed by atoms with van der Waals surface area (Å²) in [6, 6.07) is -7.71. The minimum Gasteiger partial charge on any atom is -0.508 e. The van der Waals surface area contributed by atoms with Crippen molar-refractivity contribution < 1.29 is 92.0 Å². The number of carbonyl (C=O) groups excluding carboxylic acids is 14. The first kappa shape index (κ1) is 98.8. The summed E-state index contributed by atoms with van der Waals surface area (Å²) in [4.78, 5) is 238. The van der Waals surface area contributed by atoms with E-state index in [0.29, 0.717) is 22.0 Å². The number of benzene rings is 2. The molecule has 45 heteroatoms. The molecule has 656 valence electrons. The fraction of sp³-hybridized carbons (Fsp3) is 0.554. The lowest BCUT2D eigenvalue weighted by molar-refractivity contribution is -0.143. The number of nitrogens with zero attached hydrogens (tertiary/aromatic N) is 4. The topological polar surface area (TPSA) is 756 Å². The van der Waals surface area contributed by atoms with E-state index in [1.54, 1.807) is 44.3 Å². The van der Waals surface area contributed by atoms with Crippen molar-refractivity contribution in [1.29, 1.82) is 0 Å². The molecule has 1 aliphatic rings. The van der Waals surface area contributed by atoms with Crippen LogP contribution in [-0.2, 0) is 89.6 Å². The smallest absolute Gasteiger partial charge is 0.326 e. The summed E-state index contributed by atoms with van der Waals surface area (Å²) in [7, 11) is 0. The molecule has 1 aromatic heterocycles. The number of amides is 14. The van der Waals surface area contributed by atoms with Crippen LogP contribution in [0.2, 0.25) is 0 Å². The summed E-state index contributed by atoms with van der Waals surface area (Å²) in [5.74, 6) is -19.4. The van der Waals surface area contributed by atoms with E-state index in [1.165, 1.54) is 45.0 Å². The number of aromatic nitrogens is 1. The van der Waals surface area contributed by atoms with E-state index in [4.69, 9.17) is 51.6 Å². The van der Waals surface area contributed by atoms with Gasteiger partial charge in [0.15, 0.2) is 17.9 Å². The molecule has 4 rings (SSSR count). The maximum absolute atomic E-state index is 15.1. The Labute approximate surface area is 691 Å². The van der Waals surface area contributed by atoms with Crippen LogP contribution in [0, 0.1) is 11.8 Å². The number of aromatic amines is 1. The van der Waals surface area contributed by atoms with Crippen LogP contribution in [0.4, 0.5) is 0 Å². The standard InChI is InChI=1S/C74H115N25O19S/c1-6-37(4)58(69(115)93-49(71(117)118)17-11-29-86-74(82)83)98-63(109)45(15-9-27-84-72(78)79)89-66(112)52(33-56(103)104)96-68(114)57(36(2)3)97-67(113)53-18-12-30-99(53)70(116)48(16-10-28-85-73(80)81)92-61(107)46(23-25-54(76)101)91-65(111)51(32-40-34-87-44-14-8-7-13-42(40)44)95-62(108)47(24-26-55(77)102)90-64(110)50(31-39-19-21-41(100)22-20-39)94-59(105)38(5)88-60(106)43(75)35-119/h7-8,13-14,19-22,34,36-38,43,45-53,57-58,87,100,119H,6,9-12,15-18,23-33,35,75H2,1-5H3,(H2,76,101)(H2,77,102)(H,88,106)(H,89,112)(H,90,110)(H,91,111)(H,92,107)(H,93,115)(H,94,105)(H,95,108)(H,96,114)(H,97,113)(H,98,109)(H,103,104)(H,117,118)(H4,78,79,84)(H4,80,81,85)(H4,82,83,86)/t37-,38-,43-,45-,46-,47-,48-,49-,50-,51-,52-,53-,57-,58-/m0/s1. The number of likely N-dealkylation sites (tertiary alicyclic amines) is 1. The number of para-hydroxylation sites is 1. The van der Waals surface area contributed by atoms with Gasteiger partial charge in [0.1, 0.15) is 78.3 Å².